The molecule has 1 aromatic heterocycles. The van der Waals surface area contributed by atoms with Crippen LogP contribution in [0.4, 0.5) is 5.69 Å². The molecule has 0 saturated heterocycles. The third-order valence-electron chi connectivity index (χ3n) is 2.50. The van der Waals surface area contributed by atoms with Gasteiger partial charge in [0.15, 0.2) is 0 Å². The van der Waals surface area contributed by atoms with Crippen LogP contribution in [0.25, 0.3) is 0 Å². The number of benzene rings is 1. The van der Waals surface area contributed by atoms with Gasteiger partial charge in [-0.25, -0.2) is 0 Å². The molecule has 1 heterocycles. The number of carbonyl (C=O) groups is 1. The Balaban J connectivity index is 2.05. The van der Waals surface area contributed by atoms with E-state index >= 15 is 0 Å². The number of hydrogen-bond acceptors (Lipinski definition) is 4. The molecule has 0 bridgehead atoms. The van der Waals surface area contributed by atoms with Gasteiger partial charge in [0.1, 0.15) is 12.4 Å². The molecule has 5 heteroatoms. The van der Waals surface area contributed by atoms with E-state index in [1.54, 1.807) is 42.8 Å². The number of amides is 1. The maximum atomic E-state index is 12.0. The van der Waals surface area contributed by atoms with E-state index in [0.717, 1.165) is 10.6 Å². The smallest absolute Gasteiger partial charge is 0.256 e. The van der Waals surface area contributed by atoms with Gasteiger partial charge in [-0.3, -0.25) is 4.79 Å². The van der Waals surface area contributed by atoms with Gasteiger partial charge < -0.3 is 15.2 Å². The Morgan fingerprint density at radius 3 is 2.80 bits per heavy atom. The lowest BCUT2D eigenvalue weighted by molar-refractivity contribution is 0.102. The summed E-state index contributed by atoms with van der Waals surface area (Å²) in [5, 5.41) is 13.2. The number of methoxy groups -OCH3 is 1. The molecule has 1 amide bonds. The van der Waals surface area contributed by atoms with E-state index in [4.69, 9.17) is 9.84 Å². The average Bonchev–Trinajstić information content (AvgIpc) is 2.95. The molecule has 0 unspecified atom stereocenters. The largest absolute Gasteiger partial charge is 0.497 e. The van der Waals surface area contributed by atoms with Crippen molar-refractivity contribution < 1.29 is 14.6 Å². The Bertz CT molecular complexity index is 650. The first-order valence-corrected chi connectivity index (χ1v) is 6.74. The van der Waals surface area contributed by atoms with Crippen molar-refractivity contribution in [3.63, 3.8) is 0 Å². The summed E-state index contributed by atoms with van der Waals surface area (Å²) in [4.78, 5) is 12.8. The molecule has 102 valence electrons. The third-order valence-corrected chi connectivity index (χ3v) is 3.35. The lowest BCUT2D eigenvalue weighted by Crippen LogP contribution is -2.10. The van der Waals surface area contributed by atoms with Crippen molar-refractivity contribution in [2.24, 2.45) is 0 Å². The van der Waals surface area contributed by atoms with Crippen molar-refractivity contribution in [3.05, 3.63) is 46.2 Å². The zero-order valence-electron chi connectivity index (χ0n) is 10.8. The van der Waals surface area contributed by atoms with Gasteiger partial charge in [-0.15, -0.1) is 11.3 Å². The zero-order chi connectivity index (χ0) is 14.4. The molecule has 0 aliphatic rings. The topological polar surface area (TPSA) is 58.6 Å². The van der Waals surface area contributed by atoms with Crippen LogP contribution in [0.15, 0.2) is 35.7 Å². The Morgan fingerprint density at radius 1 is 1.40 bits per heavy atom. The highest BCUT2D eigenvalue weighted by Crippen LogP contribution is 2.18. The van der Waals surface area contributed by atoms with E-state index in [1.807, 2.05) is 0 Å². The van der Waals surface area contributed by atoms with Crippen molar-refractivity contribution in [2.75, 3.05) is 19.0 Å². The summed E-state index contributed by atoms with van der Waals surface area (Å²) >= 11 is 1.37. The Hall–Kier alpha value is -2.29. The summed E-state index contributed by atoms with van der Waals surface area (Å²) < 4.78 is 5.05. The van der Waals surface area contributed by atoms with Crippen LogP contribution in [0, 0.1) is 11.8 Å². The molecule has 0 aliphatic heterocycles. The monoisotopic (exact) mass is 287 g/mol. The number of aliphatic hydroxyl groups is 1. The Morgan fingerprint density at radius 2 is 2.15 bits per heavy atom. The van der Waals surface area contributed by atoms with Crippen LogP contribution < -0.4 is 10.1 Å². The number of ether oxygens (including phenoxy) is 1. The fourth-order valence-corrected chi connectivity index (χ4v) is 2.28. The highest BCUT2D eigenvalue weighted by atomic mass is 32.1. The predicted molar refractivity (Wildman–Crippen MR) is 79.2 cm³/mol. The second-order valence-electron chi connectivity index (χ2n) is 3.84. The van der Waals surface area contributed by atoms with Crippen LogP contribution >= 0.6 is 11.3 Å². The summed E-state index contributed by atoms with van der Waals surface area (Å²) in [5.41, 5.74) is 1.25. The average molecular weight is 287 g/mol. The lowest BCUT2D eigenvalue weighted by Gasteiger charge is -2.04. The normalized spacial score (nSPS) is 9.50. The molecule has 2 rings (SSSR count). The second kappa shape index (κ2) is 6.75. The fraction of sp³-hybridized carbons (Fsp3) is 0.133. The third kappa shape index (κ3) is 3.60. The SMILES string of the molecule is COc1ccc(NC(=O)c2csc(C#CCO)c2)cc1. The molecule has 0 radical (unpaired) electrons. The number of anilines is 1. The minimum Gasteiger partial charge on any atom is -0.497 e. The molecular weight excluding hydrogens is 274 g/mol. The minimum absolute atomic E-state index is 0.189. The van der Waals surface area contributed by atoms with Crippen LogP contribution in [0.2, 0.25) is 0 Å². The van der Waals surface area contributed by atoms with Crippen molar-refractivity contribution in [2.45, 2.75) is 0 Å². The van der Waals surface area contributed by atoms with Gasteiger partial charge in [-0.2, -0.15) is 0 Å². The molecule has 0 aliphatic carbocycles. The van der Waals surface area contributed by atoms with Crippen LogP contribution in [0.1, 0.15) is 15.2 Å². The molecule has 1 aromatic carbocycles. The van der Waals surface area contributed by atoms with Gasteiger partial charge in [0.2, 0.25) is 0 Å². The lowest BCUT2D eigenvalue weighted by atomic mass is 10.2. The molecule has 0 spiro atoms. The first-order valence-electron chi connectivity index (χ1n) is 5.86. The van der Waals surface area contributed by atoms with Gasteiger partial charge in [-0.1, -0.05) is 11.8 Å². The number of thiophene rings is 1. The Labute approximate surface area is 121 Å². The maximum absolute atomic E-state index is 12.0. The first-order chi connectivity index (χ1) is 9.72. The molecule has 20 heavy (non-hydrogen) atoms. The molecular formula is C15H13NO3S. The molecule has 2 N–H and O–H groups in total. The molecule has 2 aromatic rings. The number of aliphatic hydroxyl groups excluding tert-OH is 1. The van der Waals surface area contributed by atoms with Crippen LogP contribution in [-0.4, -0.2) is 24.7 Å². The summed E-state index contributed by atoms with van der Waals surface area (Å²) in [6, 6.07) is 8.81. The first kappa shape index (κ1) is 14.1. The predicted octanol–water partition coefficient (Wildman–Crippen LogP) is 2.35. The van der Waals surface area contributed by atoms with E-state index in [0.29, 0.717) is 11.3 Å². The molecule has 0 atom stereocenters. The summed E-state index contributed by atoms with van der Waals surface area (Å²) in [6.45, 7) is -0.189. The van der Waals surface area contributed by atoms with Crippen LogP contribution in [0.5, 0.6) is 5.75 Å². The minimum atomic E-state index is -0.191. The van der Waals surface area contributed by atoms with Gasteiger partial charge in [0.25, 0.3) is 5.91 Å². The highest BCUT2D eigenvalue weighted by Gasteiger charge is 2.08. The van der Waals surface area contributed by atoms with Crippen molar-refractivity contribution >= 4 is 22.9 Å². The quantitative estimate of drug-likeness (QED) is 0.852. The van der Waals surface area contributed by atoms with Crippen molar-refractivity contribution in [3.8, 4) is 17.6 Å². The van der Waals surface area contributed by atoms with E-state index in [2.05, 4.69) is 17.2 Å². The maximum Gasteiger partial charge on any atom is 0.256 e. The van der Waals surface area contributed by atoms with Crippen LogP contribution in [0.3, 0.4) is 0 Å². The number of rotatable bonds is 3. The number of nitrogens with one attached hydrogen (secondary N) is 1. The van der Waals surface area contributed by atoms with Gasteiger partial charge in [0, 0.05) is 11.1 Å². The zero-order valence-corrected chi connectivity index (χ0v) is 11.7. The number of carbonyl (C=O) groups excluding carboxylic acids is 1. The molecule has 0 fully saturated rings. The second-order valence-corrected chi connectivity index (χ2v) is 4.75. The van der Waals surface area contributed by atoms with E-state index in [-0.39, 0.29) is 12.5 Å². The van der Waals surface area contributed by atoms with Crippen molar-refractivity contribution in [1.29, 1.82) is 0 Å². The van der Waals surface area contributed by atoms with E-state index in [9.17, 15) is 4.79 Å². The van der Waals surface area contributed by atoms with Gasteiger partial charge >= 0.3 is 0 Å². The summed E-state index contributed by atoms with van der Waals surface area (Å²) in [6.07, 6.45) is 0. The Kier molecular flexibility index (Phi) is 4.77. The van der Waals surface area contributed by atoms with Gasteiger partial charge in [0.05, 0.1) is 17.6 Å². The highest BCUT2D eigenvalue weighted by molar-refractivity contribution is 7.10. The molecule has 4 nitrogen and oxygen atoms in total. The summed E-state index contributed by atoms with van der Waals surface area (Å²) in [5.74, 6) is 5.87. The fourth-order valence-electron chi connectivity index (χ4n) is 1.53. The standard InChI is InChI=1S/C15H13NO3S/c1-19-13-6-4-12(5-7-13)16-15(18)11-9-14(20-10-11)3-2-8-17/h4-7,9-10,17H,8H2,1H3,(H,16,18). The van der Waals surface area contributed by atoms with Gasteiger partial charge in [-0.05, 0) is 30.3 Å². The van der Waals surface area contributed by atoms with Crippen LogP contribution in [-0.2, 0) is 0 Å². The number of hydrogen-bond donors (Lipinski definition) is 2. The molecule has 0 saturated carbocycles. The van der Waals surface area contributed by atoms with Crippen molar-refractivity contribution in [1.82, 2.24) is 0 Å². The van der Waals surface area contributed by atoms with E-state index < -0.39 is 0 Å². The van der Waals surface area contributed by atoms with E-state index in [1.165, 1.54) is 11.3 Å². The summed E-state index contributed by atoms with van der Waals surface area (Å²) in [7, 11) is 1.59.